The Morgan fingerprint density at radius 2 is 1.83 bits per heavy atom. The van der Waals surface area contributed by atoms with Gasteiger partial charge in [0.1, 0.15) is 0 Å². The number of benzene rings is 1. The van der Waals surface area contributed by atoms with Gasteiger partial charge in [0, 0.05) is 12.2 Å². The topological polar surface area (TPSA) is 58.2 Å². The van der Waals surface area contributed by atoms with Gasteiger partial charge in [0.25, 0.3) is 0 Å². The quantitative estimate of drug-likeness (QED) is 0.829. The Bertz CT molecular complexity index is 523. The van der Waals surface area contributed by atoms with Crippen molar-refractivity contribution in [2.75, 3.05) is 5.32 Å². The zero-order valence-corrected chi connectivity index (χ0v) is 10.4. The summed E-state index contributed by atoms with van der Waals surface area (Å²) in [4.78, 5) is 23.1. The Hall–Kier alpha value is -2.14. The standard InChI is InChI=1S/C13H12N2O2S/c16-12(14-8-10-6-7-18-9-10)13(17)15-11-4-2-1-3-5-11/h1-7,9H,8H2,(H,14,16)(H,15,17). The average molecular weight is 260 g/mol. The molecular weight excluding hydrogens is 248 g/mol. The van der Waals surface area contributed by atoms with Crippen LogP contribution in [0.5, 0.6) is 0 Å². The van der Waals surface area contributed by atoms with Crippen LogP contribution in [0.25, 0.3) is 0 Å². The monoisotopic (exact) mass is 260 g/mol. The summed E-state index contributed by atoms with van der Waals surface area (Å²) in [7, 11) is 0. The lowest BCUT2D eigenvalue weighted by molar-refractivity contribution is -0.136. The first kappa shape index (κ1) is 12.3. The summed E-state index contributed by atoms with van der Waals surface area (Å²) in [5, 5.41) is 8.93. The minimum absolute atomic E-state index is 0.366. The molecule has 0 fully saturated rings. The van der Waals surface area contributed by atoms with E-state index in [1.807, 2.05) is 22.9 Å². The highest BCUT2D eigenvalue weighted by atomic mass is 32.1. The summed E-state index contributed by atoms with van der Waals surface area (Å²) in [6.45, 7) is 0.366. The number of hydrogen-bond acceptors (Lipinski definition) is 3. The molecule has 18 heavy (non-hydrogen) atoms. The highest BCUT2D eigenvalue weighted by molar-refractivity contribution is 7.07. The fourth-order valence-corrected chi connectivity index (χ4v) is 2.03. The number of rotatable bonds is 3. The molecule has 0 saturated carbocycles. The third-order valence-electron chi connectivity index (χ3n) is 2.27. The van der Waals surface area contributed by atoms with E-state index in [0.717, 1.165) is 5.56 Å². The van der Waals surface area contributed by atoms with Crippen molar-refractivity contribution >= 4 is 28.8 Å². The second-order valence-electron chi connectivity index (χ2n) is 3.63. The number of nitrogens with one attached hydrogen (secondary N) is 2. The summed E-state index contributed by atoms with van der Waals surface area (Å²) in [5.41, 5.74) is 1.59. The van der Waals surface area contributed by atoms with Gasteiger partial charge in [0.2, 0.25) is 0 Å². The second-order valence-corrected chi connectivity index (χ2v) is 4.41. The SMILES string of the molecule is O=C(NCc1ccsc1)C(=O)Nc1ccccc1. The lowest BCUT2D eigenvalue weighted by Gasteiger charge is -2.05. The van der Waals surface area contributed by atoms with Gasteiger partial charge in [0.15, 0.2) is 0 Å². The number of hydrogen-bond donors (Lipinski definition) is 2. The van der Waals surface area contributed by atoms with E-state index in [0.29, 0.717) is 12.2 Å². The molecule has 0 saturated heterocycles. The van der Waals surface area contributed by atoms with E-state index in [2.05, 4.69) is 10.6 Å². The maximum Gasteiger partial charge on any atom is 0.313 e. The van der Waals surface area contributed by atoms with Crippen molar-refractivity contribution in [3.63, 3.8) is 0 Å². The first-order valence-corrected chi connectivity index (χ1v) is 6.35. The van der Waals surface area contributed by atoms with Gasteiger partial charge in [-0.2, -0.15) is 11.3 Å². The number of anilines is 1. The molecule has 1 aromatic carbocycles. The van der Waals surface area contributed by atoms with E-state index in [9.17, 15) is 9.59 Å². The largest absolute Gasteiger partial charge is 0.344 e. The van der Waals surface area contributed by atoms with Crippen molar-refractivity contribution < 1.29 is 9.59 Å². The van der Waals surface area contributed by atoms with Crippen LogP contribution < -0.4 is 10.6 Å². The normalized spacial score (nSPS) is 9.78. The fourth-order valence-electron chi connectivity index (χ4n) is 1.37. The molecule has 1 aromatic heterocycles. The van der Waals surface area contributed by atoms with Gasteiger partial charge < -0.3 is 10.6 Å². The Labute approximate surface area is 109 Å². The van der Waals surface area contributed by atoms with Crippen molar-refractivity contribution in [1.82, 2.24) is 5.32 Å². The first-order valence-electron chi connectivity index (χ1n) is 5.41. The minimum atomic E-state index is -0.656. The van der Waals surface area contributed by atoms with Crippen LogP contribution in [0.3, 0.4) is 0 Å². The van der Waals surface area contributed by atoms with Crippen LogP contribution in [0.4, 0.5) is 5.69 Å². The molecule has 0 unspecified atom stereocenters. The maximum absolute atomic E-state index is 11.6. The third-order valence-corrected chi connectivity index (χ3v) is 3.00. The Kier molecular flexibility index (Phi) is 4.09. The lowest BCUT2D eigenvalue weighted by Crippen LogP contribution is -2.34. The number of amides is 2. The molecule has 2 rings (SSSR count). The number of thiophene rings is 1. The van der Waals surface area contributed by atoms with Gasteiger partial charge in [0.05, 0.1) is 0 Å². The van der Waals surface area contributed by atoms with Crippen LogP contribution in [0.1, 0.15) is 5.56 Å². The molecule has 0 aliphatic heterocycles. The molecule has 4 nitrogen and oxygen atoms in total. The van der Waals surface area contributed by atoms with Gasteiger partial charge in [-0.25, -0.2) is 0 Å². The highest BCUT2D eigenvalue weighted by Crippen LogP contribution is 2.06. The van der Waals surface area contributed by atoms with Crippen molar-refractivity contribution in [3.05, 3.63) is 52.7 Å². The molecule has 92 valence electrons. The van der Waals surface area contributed by atoms with E-state index >= 15 is 0 Å². The van der Waals surface area contributed by atoms with E-state index < -0.39 is 11.8 Å². The first-order chi connectivity index (χ1) is 8.75. The van der Waals surface area contributed by atoms with E-state index in [1.54, 1.807) is 35.6 Å². The molecule has 0 radical (unpaired) electrons. The molecule has 2 amide bonds. The summed E-state index contributed by atoms with van der Waals surface area (Å²) < 4.78 is 0. The second kappa shape index (κ2) is 5.97. The zero-order chi connectivity index (χ0) is 12.8. The molecular formula is C13H12N2O2S. The predicted octanol–water partition coefficient (Wildman–Crippen LogP) is 2.00. The Morgan fingerprint density at radius 1 is 1.06 bits per heavy atom. The summed E-state index contributed by atoms with van der Waals surface area (Å²) in [6.07, 6.45) is 0. The number of carbonyl (C=O) groups is 2. The third kappa shape index (κ3) is 3.43. The van der Waals surface area contributed by atoms with Crippen LogP contribution in [-0.4, -0.2) is 11.8 Å². The van der Waals surface area contributed by atoms with Crippen LogP contribution >= 0.6 is 11.3 Å². The smallest absolute Gasteiger partial charge is 0.313 e. The van der Waals surface area contributed by atoms with Crippen LogP contribution in [0.15, 0.2) is 47.2 Å². The summed E-state index contributed by atoms with van der Waals surface area (Å²) in [6, 6.07) is 10.8. The fraction of sp³-hybridized carbons (Fsp3) is 0.0769. The van der Waals surface area contributed by atoms with Crippen LogP contribution in [0.2, 0.25) is 0 Å². The van der Waals surface area contributed by atoms with E-state index in [4.69, 9.17) is 0 Å². The van der Waals surface area contributed by atoms with Crippen molar-refractivity contribution in [2.45, 2.75) is 6.54 Å². The van der Waals surface area contributed by atoms with E-state index in [1.165, 1.54) is 0 Å². The van der Waals surface area contributed by atoms with Crippen molar-refractivity contribution in [2.24, 2.45) is 0 Å². The van der Waals surface area contributed by atoms with Crippen molar-refractivity contribution in [1.29, 1.82) is 0 Å². The summed E-state index contributed by atoms with van der Waals surface area (Å²) in [5.74, 6) is -1.29. The Morgan fingerprint density at radius 3 is 2.50 bits per heavy atom. The molecule has 2 N–H and O–H groups in total. The number of carbonyl (C=O) groups excluding carboxylic acids is 2. The van der Waals surface area contributed by atoms with Gasteiger partial charge in [-0.05, 0) is 34.5 Å². The van der Waals surface area contributed by atoms with Gasteiger partial charge in [-0.15, -0.1) is 0 Å². The minimum Gasteiger partial charge on any atom is -0.344 e. The Balaban J connectivity index is 1.84. The van der Waals surface area contributed by atoms with Crippen LogP contribution in [-0.2, 0) is 16.1 Å². The molecule has 0 aliphatic carbocycles. The molecule has 5 heteroatoms. The van der Waals surface area contributed by atoms with Gasteiger partial charge >= 0.3 is 11.8 Å². The summed E-state index contributed by atoms with van der Waals surface area (Å²) >= 11 is 1.55. The molecule has 0 aliphatic rings. The van der Waals surface area contributed by atoms with Gasteiger partial charge in [-0.1, -0.05) is 18.2 Å². The highest BCUT2D eigenvalue weighted by Gasteiger charge is 2.12. The molecule has 0 atom stereocenters. The lowest BCUT2D eigenvalue weighted by atomic mass is 10.3. The number of para-hydroxylation sites is 1. The van der Waals surface area contributed by atoms with E-state index in [-0.39, 0.29) is 0 Å². The van der Waals surface area contributed by atoms with Gasteiger partial charge in [-0.3, -0.25) is 9.59 Å². The molecule has 0 bridgehead atoms. The van der Waals surface area contributed by atoms with Crippen molar-refractivity contribution in [3.8, 4) is 0 Å². The molecule has 2 aromatic rings. The van der Waals surface area contributed by atoms with Crippen LogP contribution in [0, 0.1) is 0 Å². The average Bonchev–Trinajstić information content (AvgIpc) is 2.90. The maximum atomic E-state index is 11.6. The predicted molar refractivity (Wildman–Crippen MR) is 71.2 cm³/mol. The molecule has 0 spiro atoms. The zero-order valence-electron chi connectivity index (χ0n) is 9.55. The molecule has 1 heterocycles.